The van der Waals surface area contributed by atoms with Gasteiger partial charge < -0.3 is 15.8 Å². The zero-order valence-corrected chi connectivity index (χ0v) is 12.6. The predicted octanol–water partition coefficient (Wildman–Crippen LogP) is 2.96. The first-order valence-electron chi connectivity index (χ1n) is 7.52. The number of amides is 1. The number of hydrogen-bond donors (Lipinski definition) is 2. The molecule has 0 aliphatic carbocycles. The molecule has 1 aliphatic rings. The molecule has 1 atom stereocenters. The topological polar surface area (TPSA) is 64.4 Å². The third kappa shape index (κ3) is 3.12. The zero-order valence-electron chi connectivity index (χ0n) is 12.6. The van der Waals surface area contributed by atoms with Crippen LogP contribution in [0, 0.1) is 6.92 Å². The maximum absolute atomic E-state index is 12.3. The summed E-state index contributed by atoms with van der Waals surface area (Å²) in [7, 11) is 0. The molecular formula is C18H20N2O2. The zero-order chi connectivity index (χ0) is 15.5. The Morgan fingerprint density at radius 3 is 2.77 bits per heavy atom. The molecule has 0 aromatic heterocycles. The molecule has 0 bridgehead atoms. The number of anilines is 1. The van der Waals surface area contributed by atoms with E-state index in [0.29, 0.717) is 0 Å². The largest absolute Gasteiger partial charge is 0.493 e. The Balaban J connectivity index is 1.72. The lowest BCUT2D eigenvalue weighted by Crippen LogP contribution is -2.27. The molecule has 0 spiro atoms. The van der Waals surface area contributed by atoms with E-state index in [2.05, 4.69) is 5.32 Å². The fraction of sp³-hybridized carbons (Fsp3) is 0.278. The fourth-order valence-electron chi connectivity index (χ4n) is 2.58. The van der Waals surface area contributed by atoms with Crippen molar-refractivity contribution < 1.29 is 9.53 Å². The van der Waals surface area contributed by atoms with Gasteiger partial charge in [0.2, 0.25) is 5.91 Å². The van der Waals surface area contributed by atoms with Crippen LogP contribution in [0.5, 0.6) is 5.75 Å². The van der Waals surface area contributed by atoms with Crippen molar-refractivity contribution in [3.8, 4) is 5.75 Å². The average molecular weight is 296 g/mol. The fourth-order valence-corrected chi connectivity index (χ4v) is 2.58. The summed E-state index contributed by atoms with van der Waals surface area (Å²) in [6, 6.07) is 12.7. The Hall–Kier alpha value is -2.33. The van der Waals surface area contributed by atoms with Gasteiger partial charge in [-0.1, -0.05) is 29.8 Å². The van der Waals surface area contributed by atoms with Crippen molar-refractivity contribution in [1.82, 2.24) is 0 Å². The molecular weight excluding hydrogens is 276 g/mol. The summed E-state index contributed by atoms with van der Waals surface area (Å²) in [6.07, 6.45) is 1.98. The Labute approximate surface area is 130 Å². The summed E-state index contributed by atoms with van der Waals surface area (Å²) in [4.78, 5) is 12.3. The SMILES string of the molecule is Cc1ccc(C(N)C(=O)Nc2ccc3c(c2)CCCO3)cc1. The molecule has 3 rings (SSSR count). The first-order chi connectivity index (χ1) is 10.6. The quantitative estimate of drug-likeness (QED) is 0.915. The molecule has 3 N–H and O–H groups in total. The first kappa shape index (κ1) is 14.6. The van der Waals surface area contributed by atoms with Gasteiger partial charge in [-0.25, -0.2) is 0 Å². The van der Waals surface area contributed by atoms with E-state index in [-0.39, 0.29) is 5.91 Å². The number of hydrogen-bond acceptors (Lipinski definition) is 3. The van der Waals surface area contributed by atoms with E-state index in [9.17, 15) is 4.79 Å². The Kier molecular flexibility index (Phi) is 4.11. The molecule has 2 aromatic carbocycles. The molecule has 4 heteroatoms. The van der Waals surface area contributed by atoms with Crippen LogP contribution in [-0.4, -0.2) is 12.5 Å². The summed E-state index contributed by atoms with van der Waals surface area (Å²) in [6.45, 7) is 2.77. The Morgan fingerprint density at radius 1 is 1.23 bits per heavy atom. The van der Waals surface area contributed by atoms with Gasteiger partial charge in [0.25, 0.3) is 0 Å². The molecule has 1 amide bonds. The highest BCUT2D eigenvalue weighted by Gasteiger charge is 2.17. The van der Waals surface area contributed by atoms with Crippen LogP contribution < -0.4 is 15.8 Å². The van der Waals surface area contributed by atoms with E-state index in [1.54, 1.807) is 0 Å². The number of aryl methyl sites for hydroxylation is 2. The second-order valence-electron chi connectivity index (χ2n) is 5.65. The monoisotopic (exact) mass is 296 g/mol. The summed E-state index contributed by atoms with van der Waals surface area (Å²) < 4.78 is 5.57. The third-order valence-corrected chi connectivity index (χ3v) is 3.89. The van der Waals surface area contributed by atoms with Crippen molar-refractivity contribution >= 4 is 11.6 Å². The number of fused-ring (bicyclic) bond motifs is 1. The number of rotatable bonds is 3. The Bertz CT molecular complexity index is 680. The van der Waals surface area contributed by atoms with Gasteiger partial charge in [-0.3, -0.25) is 4.79 Å². The van der Waals surface area contributed by atoms with Gasteiger partial charge in [0.15, 0.2) is 0 Å². The highest BCUT2D eigenvalue weighted by Crippen LogP contribution is 2.27. The molecule has 0 fully saturated rings. The lowest BCUT2D eigenvalue weighted by atomic mass is 10.0. The average Bonchev–Trinajstić information content (AvgIpc) is 2.55. The lowest BCUT2D eigenvalue weighted by molar-refractivity contribution is -0.117. The third-order valence-electron chi connectivity index (χ3n) is 3.89. The van der Waals surface area contributed by atoms with Crippen LogP contribution in [0.1, 0.15) is 29.2 Å². The number of nitrogens with two attached hydrogens (primary N) is 1. The normalized spacial score (nSPS) is 14.6. The number of benzene rings is 2. The van der Waals surface area contributed by atoms with Crippen molar-refractivity contribution in [2.75, 3.05) is 11.9 Å². The minimum Gasteiger partial charge on any atom is -0.493 e. The molecule has 4 nitrogen and oxygen atoms in total. The van der Waals surface area contributed by atoms with E-state index < -0.39 is 6.04 Å². The van der Waals surface area contributed by atoms with E-state index in [4.69, 9.17) is 10.5 Å². The maximum Gasteiger partial charge on any atom is 0.245 e. The minimum absolute atomic E-state index is 0.208. The first-order valence-corrected chi connectivity index (χ1v) is 7.52. The van der Waals surface area contributed by atoms with E-state index in [1.165, 1.54) is 0 Å². The molecule has 2 aromatic rings. The van der Waals surface area contributed by atoms with Gasteiger partial charge in [0.1, 0.15) is 11.8 Å². The summed E-state index contributed by atoms with van der Waals surface area (Å²) >= 11 is 0. The van der Waals surface area contributed by atoms with Crippen molar-refractivity contribution in [2.45, 2.75) is 25.8 Å². The van der Waals surface area contributed by atoms with Crippen LogP contribution in [-0.2, 0) is 11.2 Å². The van der Waals surface area contributed by atoms with Crippen molar-refractivity contribution in [3.05, 3.63) is 59.2 Å². The molecule has 1 heterocycles. The van der Waals surface area contributed by atoms with Crippen molar-refractivity contribution in [1.29, 1.82) is 0 Å². The second-order valence-corrected chi connectivity index (χ2v) is 5.65. The molecule has 0 saturated carbocycles. The second kappa shape index (κ2) is 6.20. The van der Waals surface area contributed by atoms with Gasteiger partial charge >= 0.3 is 0 Å². The van der Waals surface area contributed by atoms with Gasteiger partial charge in [0, 0.05) is 5.69 Å². The highest BCUT2D eigenvalue weighted by molar-refractivity contribution is 5.95. The van der Waals surface area contributed by atoms with E-state index >= 15 is 0 Å². The van der Waals surface area contributed by atoms with Crippen LogP contribution >= 0.6 is 0 Å². The lowest BCUT2D eigenvalue weighted by Gasteiger charge is -2.19. The number of ether oxygens (including phenoxy) is 1. The predicted molar refractivity (Wildman–Crippen MR) is 87.0 cm³/mol. The number of carbonyl (C=O) groups excluding carboxylic acids is 1. The van der Waals surface area contributed by atoms with Crippen molar-refractivity contribution in [2.24, 2.45) is 5.73 Å². The summed E-state index contributed by atoms with van der Waals surface area (Å²) in [5.74, 6) is 0.701. The van der Waals surface area contributed by atoms with Gasteiger partial charge in [-0.15, -0.1) is 0 Å². The van der Waals surface area contributed by atoms with Gasteiger partial charge in [-0.2, -0.15) is 0 Å². The maximum atomic E-state index is 12.3. The number of nitrogens with one attached hydrogen (secondary N) is 1. The number of carbonyl (C=O) groups is 1. The van der Waals surface area contributed by atoms with Crippen LogP contribution in [0.4, 0.5) is 5.69 Å². The van der Waals surface area contributed by atoms with Crippen LogP contribution in [0.25, 0.3) is 0 Å². The van der Waals surface area contributed by atoms with Gasteiger partial charge in [-0.05, 0) is 49.1 Å². The molecule has 22 heavy (non-hydrogen) atoms. The standard InChI is InChI=1S/C18H20N2O2/c1-12-4-6-13(7-5-12)17(19)18(21)20-15-8-9-16-14(11-15)3-2-10-22-16/h4-9,11,17H,2-3,10,19H2,1H3,(H,20,21). The molecule has 1 aliphatic heterocycles. The Morgan fingerprint density at radius 2 is 2.00 bits per heavy atom. The van der Waals surface area contributed by atoms with E-state index in [1.807, 2.05) is 49.4 Å². The highest BCUT2D eigenvalue weighted by atomic mass is 16.5. The molecule has 0 radical (unpaired) electrons. The van der Waals surface area contributed by atoms with Crippen LogP contribution in [0.2, 0.25) is 0 Å². The van der Waals surface area contributed by atoms with Crippen LogP contribution in [0.3, 0.4) is 0 Å². The molecule has 114 valence electrons. The summed E-state index contributed by atoms with van der Waals surface area (Å²) in [5, 5.41) is 2.89. The summed E-state index contributed by atoms with van der Waals surface area (Å²) in [5.41, 5.74) is 9.88. The smallest absolute Gasteiger partial charge is 0.245 e. The molecule has 1 unspecified atom stereocenters. The van der Waals surface area contributed by atoms with E-state index in [0.717, 1.165) is 47.6 Å². The van der Waals surface area contributed by atoms with Crippen molar-refractivity contribution in [3.63, 3.8) is 0 Å². The van der Waals surface area contributed by atoms with Gasteiger partial charge in [0.05, 0.1) is 6.61 Å². The minimum atomic E-state index is -0.673. The molecule has 0 saturated heterocycles. The van der Waals surface area contributed by atoms with Crippen LogP contribution in [0.15, 0.2) is 42.5 Å².